The molecule has 0 bridgehead atoms. The lowest BCUT2D eigenvalue weighted by atomic mass is 10.1. The molecule has 4 nitrogen and oxygen atoms in total. The summed E-state index contributed by atoms with van der Waals surface area (Å²) in [5.74, 6) is 1.80. The fraction of sp³-hybridized carbons (Fsp3) is 0.200. The van der Waals surface area contributed by atoms with Crippen LogP contribution in [0.4, 0.5) is 0 Å². The van der Waals surface area contributed by atoms with Crippen molar-refractivity contribution in [3.63, 3.8) is 0 Å². The number of methoxy groups -OCH3 is 1. The van der Waals surface area contributed by atoms with Gasteiger partial charge in [0.25, 0.3) is 0 Å². The largest absolute Gasteiger partial charge is 0.496 e. The van der Waals surface area contributed by atoms with Crippen molar-refractivity contribution in [1.29, 1.82) is 0 Å². The number of fused-ring (bicyclic) bond motifs is 1. The highest BCUT2D eigenvalue weighted by Crippen LogP contribution is 2.25. The van der Waals surface area contributed by atoms with Gasteiger partial charge >= 0.3 is 0 Å². The summed E-state index contributed by atoms with van der Waals surface area (Å²) < 4.78 is 5.27. The predicted molar refractivity (Wildman–Crippen MR) is 81.2 cm³/mol. The van der Waals surface area contributed by atoms with Gasteiger partial charge in [-0.1, -0.05) is 23.9 Å². The van der Waals surface area contributed by atoms with Crippen LogP contribution in [0, 0.1) is 6.92 Å². The summed E-state index contributed by atoms with van der Waals surface area (Å²) in [6.07, 6.45) is 3.54. The van der Waals surface area contributed by atoms with Crippen molar-refractivity contribution < 1.29 is 4.74 Å². The third kappa shape index (κ3) is 2.63. The zero-order valence-electron chi connectivity index (χ0n) is 11.4. The summed E-state index contributed by atoms with van der Waals surface area (Å²) in [5.41, 5.74) is 4.33. The standard InChI is InChI=1S/C15H15N3OS/c1-10-7-11(3-4-14(10)19-2)9-20-15-17-12-5-6-16-8-13(12)18-15/h3-8H,9H2,1-2H3,(H,17,18). The Labute approximate surface area is 121 Å². The number of nitrogens with zero attached hydrogens (tertiary/aromatic N) is 2. The molecule has 3 aromatic rings. The van der Waals surface area contributed by atoms with Crippen LogP contribution in [0.2, 0.25) is 0 Å². The van der Waals surface area contributed by atoms with E-state index in [4.69, 9.17) is 4.74 Å². The Bertz CT molecular complexity index is 706. The van der Waals surface area contributed by atoms with Gasteiger partial charge in [-0.2, -0.15) is 0 Å². The molecular formula is C15H15N3OS. The molecule has 0 unspecified atom stereocenters. The SMILES string of the molecule is COc1ccc(CSc2nc3cnccc3[nH]2)cc1C. The number of benzene rings is 1. The van der Waals surface area contributed by atoms with Crippen molar-refractivity contribution in [2.24, 2.45) is 0 Å². The summed E-state index contributed by atoms with van der Waals surface area (Å²) in [5, 5.41) is 0.918. The van der Waals surface area contributed by atoms with Crippen molar-refractivity contribution in [1.82, 2.24) is 15.0 Å². The minimum absolute atomic E-state index is 0.873. The number of imidazole rings is 1. The van der Waals surface area contributed by atoms with Gasteiger partial charge in [0.2, 0.25) is 0 Å². The van der Waals surface area contributed by atoms with E-state index >= 15 is 0 Å². The second kappa shape index (κ2) is 5.54. The van der Waals surface area contributed by atoms with Gasteiger partial charge in [-0.3, -0.25) is 4.98 Å². The first-order valence-electron chi connectivity index (χ1n) is 6.32. The van der Waals surface area contributed by atoms with E-state index in [1.54, 1.807) is 31.3 Å². The van der Waals surface area contributed by atoms with Gasteiger partial charge in [-0.05, 0) is 30.2 Å². The smallest absolute Gasteiger partial charge is 0.166 e. The molecule has 0 saturated heterocycles. The maximum Gasteiger partial charge on any atom is 0.166 e. The van der Waals surface area contributed by atoms with E-state index in [1.165, 1.54) is 5.56 Å². The highest BCUT2D eigenvalue weighted by atomic mass is 32.2. The predicted octanol–water partition coefficient (Wildman–Crippen LogP) is 3.57. The van der Waals surface area contributed by atoms with Crippen LogP contribution in [0.5, 0.6) is 5.75 Å². The lowest BCUT2D eigenvalue weighted by Gasteiger charge is -2.06. The summed E-state index contributed by atoms with van der Waals surface area (Å²) in [6, 6.07) is 8.18. The third-order valence-corrected chi connectivity index (χ3v) is 4.04. The van der Waals surface area contributed by atoms with Crippen LogP contribution < -0.4 is 4.74 Å². The Balaban J connectivity index is 1.74. The van der Waals surface area contributed by atoms with Crippen molar-refractivity contribution in [2.45, 2.75) is 17.8 Å². The Hall–Kier alpha value is -2.01. The van der Waals surface area contributed by atoms with Gasteiger partial charge in [0.05, 0.1) is 18.8 Å². The molecule has 3 rings (SSSR count). The lowest BCUT2D eigenvalue weighted by Crippen LogP contribution is -1.89. The fourth-order valence-corrected chi connectivity index (χ4v) is 2.91. The minimum Gasteiger partial charge on any atom is -0.496 e. The Morgan fingerprint density at radius 3 is 2.95 bits per heavy atom. The molecule has 0 saturated carbocycles. The number of aromatic amines is 1. The Kier molecular flexibility index (Phi) is 3.60. The van der Waals surface area contributed by atoms with Crippen LogP contribution in [0.15, 0.2) is 41.8 Å². The van der Waals surface area contributed by atoms with E-state index in [1.807, 2.05) is 12.1 Å². The lowest BCUT2D eigenvalue weighted by molar-refractivity contribution is 0.411. The van der Waals surface area contributed by atoms with Crippen molar-refractivity contribution in [3.05, 3.63) is 47.8 Å². The number of rotatable bonds is 4. The quantitative estimate of drug-likeness (QED) is 0.745. The minimum atomic E-state index is 0.873. The molecular weight excluding hydrogens is 270 g/mol. The molecule has 0 atom stereocenters. The first-order valence-corrected chi connectivity index (χ1v) is 7.31. The molecule has 0 aliphatic heterocycles. The first-order chi connectivity index (χ1) is 9.76. The molecule has 0 aliphatic rings. The van der Waals surface area contributed by atoms with E-state index in [2.05, 4.69) is 34.0 Å². The highest BCUT2D eigenvalue weighted by molar-refractivity contribution is 7.98. The van der Waals surface area contributed by atoms with E-state index in [0.717, 1.165) is 33.3 Å². The molecule has 20 heavy (non-hydrogen) atoms. The van der Waals surface area contributed by atoms with Crippen molar-refractivity contribution >= 4 is 22.8 Å². The zero-order valence-corrected chi connectivity index (χ0v) is 12.2. The normalized spacial score (nSPS) is 10.9. The molecule has 0 fully saturated rings. The second-order valence-electron chi connectivity index (χ2n) is 4.53. The van der Waals surface area contributed by atoms with Crippen LogP contribution in [0.3, 0.4) is 0 Å². The zero-order chi connectivity index (χ0) is 13.9. The van der Waals surface area contributed by atoms with Crippen LogP contribution in [-0.2, 0) is 5.75 Å². The number of hydrogen-bond acceptors (Lipinski definition) is 4. The summed E-state index contributed by atoms with van der Waals surface area (Å²) >= 11 is 1.69. The fourth-order valence-electron chi connectivity index (χ4n) is 2.08. The number of ether oxygens (including phenoxy) is 1. The third-order valence-electron chi connectivity index (χ3n) is 3.10. The van der Waals surface area contributed by atoms with Gasteiger partial charge in [0, 0.05) is 11.9 Å². The number of thioether (sulfide) groups is 1. The molecule has 0 spiro atoms. The van der Waals surface area contributed by atoms with Crippen LogP contribution in [0.1, 0.15) is 11.1 Å². The van der Waals surface area contributed by atoms with Gasteiger partial charge < -0.3 is 9.72 Å². The van der Waals surface area contributed by atoms with Crippen LogP contribution in [-0.4, -0.2) is 22.1 Å². The monoisotopic (exact) mass is 285 g/mol. The maximum atomic E-state index is 5.27. The van der Waals surface area contributed by atoms with Crippen molar-refractivity contribution in [3.8, 4) is 5.75 Å². The van der Waals surface area contributed by atoms with Crippen molar-refractivity contribution in [2.75, 3.05) is 7.11 Å². The Morgan fingerprint density at radius 2 is 2.20 bits per heavy atom. The van der Waals surface area contributed by atoms with Gasteiger partial charge in [0.1, 0.15) is 11.3 Å². The van der Waals surface area contributed by atoms with Gasteiger partial charge in [-0.25, -0.2) is 4.98 Å². The number of aromatic nitrogens is 3. The van der Waals surface area contributed by atoms with Gasteiger partial charge in [0.15, 0.2) is 5.16 Å². The Morgan fingerprint density at radius 1 is 1.30 bits per heavy atom. The molecule has 2 heterocycles. The summed E-state index contributed by atoms with van der Waals surface area (Å²) in [6.45, 7) is 2.06. The molecule has 5 heteroatoms. The van der Waals surface area contributed by atoms with E-state index in [9.17, 15) is 0 Å². The van der Waals surface area contributed by atoms with Crippen LogP contribution in [0.25, 0.3) is 11.0 Å². The summed E-state index contributed by atoms with van der Waals surface area (Å²) in [4.78, 5) is 11.9. The van der Waals surface area contributed by atoms with E-state index in [-0.39, 0.29) is 0 Å². The van der Waals surface area contributed by atoms with E-state index in [0.29, 0.717) is 0 Å². The van der Waals surface area contributed by atoms with Crippen LogP contribution >= 0.6 is 11.8 Å². The molecule has 102 valence electrons. The van der Waals surface area contributed by atoms with E-state index < -0.39 is 0 Å². The number of pyridine rings is 1. The maximum absolute atomic E-state index is 5.27. The molecule has 2 aromatic heterocycles. The molecule has 0 amide bonds. The average molecular weight is 285 g/mol. The molecule has 1 aromatic carbocycles. The average Bonchev–Trinajstić information content (AvgIpc) is 2.88. The molecule has 0 aliphatic carbocycles. The first kappa shape index (κ1) is 13.0. The molecule has 1 N–H and O–H groups in total. The number of aryl methyl sites for hydroxylation is 1. The summed E-state index contributed by atoms with van der Waals surface area (Å²) in [7, 11) is 1.69. The highest BCUT2D eigenvalue weighted by Gasteiger charge is 2.05. The number of nitrogens with one attached hydrogen (secondary N) is 1. The second-order valence-corrected chi connectivity index (χ2v) is 5.49. The van der Waals surface area contributed by atoms with Gasteiger partial charge in [-0.15, -0.1) is 0 Å². The number of hydrogen-bond donors (Lipinski definition) is 1. The number of H-pyrrole nitrogens is 1. The molecule has 0 radical (unpaired) electrons. The topological polar surface area (TPSA) is 50.8 Å².